The molecule has 23 heavy (non-hydrogen) atoms. The minimum atomic E-state index is -0.893. The zero-order chi connectivity index (χ0) is 16.2. The highest BCUT2D eigenvalue weighted by atomic mass is 127. The van der Waals surface area contributed by atoms with Gasteiger partial charge in [-0.15, -0.1) is 24.0 Å². The molecule has 4 nitrogen and oxygen atoms in total. The second kappa shape index (κ2) is 9.01. The van der Waals surface area contributed by atoms with Crippen LogP contribution >= 0.6 is 24.0 Å². The number of hydrogen-bond donors (Lipinski definition) is 2. The van der Waals surface area contributed by atoms with Gasteiger partial charge in [-0.25, -0.2) is 0 Å². The fraction of sp³-hybridized carbons (Fsp3) is 0.588. The van der Waals surface area contributed by atoms with E-state index in [2.05, 4.69) is 28.5 Å². The summed E-state index contributed by atoms with van der Waals surface area (Å²) in [5.41, 5.74) is 9.82. The molecule has 1 aliphatic carbocycles. The van der Waals surface area contributed by atoms with Gasteiger partial charge in [0.05, 0.1) is 6.54 Å². The molecule has 3 N–H and O–H groups in total. The van der Waals surface area contributed by atoms with Gasteiger partial charge in [-0.1, -0.05) is 12.1 Å². The molecule has 0 bridgehead atoms. The molecule has 0 saturated heterocycles. The molecular weight excluding hydrogens is 421 g/mol. The molecule has 2 rings (SSSR count). The van der Waals surface area contributed by atoms with Crippen LogP contribution < -0.4 is 11.1 Å². The van der Waals surface area contributed by atoms with Crippen LogP contribution in [0.25, 0.3) is 0 Å². The van der Waals surface area contributed by atoms with Crippen LogP contribution in [-0.4, -0.2) is 27.2 Å². The summed E-state index contributed by atoms with van der Waals surface area (Å²) in [5.74, 6) is 0.948. The van der Waals surface area contributed by atoms with Crippen molar-refractivity contribution in [2.75, 3.05) is 17.6 Å². The van der Waals surface area contributed by atoms with Crippen LogP contribution in [0.4, 0.5) is 5.69 Å². The lowest BCUT2D eigenvalue weighted by Crippen LogP contribution is -2.27. The Kier molecular flexibility index (Phi) is 8.00. The van der Waals surface area contributed by atoms with E-state index in [4.69, 9.17) is 5.73 Å². The molecule has 1 unspecified atom stereocenters. The number of nitrogens with two attached hydrogens (primary N) is 1. The highest BCUT2D eigenvalue weighted by Gasteiger charge is 2.18. The quantitative estimate of drug-likeness (QED) is 0.420. The first-order chi connectivity index (χ1) is 10.4. The molecule has 1 aromatic carbocycles. The largest absolute Gasteiger partial charge is 0.370 e. The molecule has 1 aliphatic rings. The van der Waals surface area contributed by atoms with Gasteiger partial charge in [-0.05, 0) is 63.6 Å². The first-order valence-electron chi connectivity index (χ1n) is 7.94. The molecule has 0 radical (unpaired) electrons. The third-order valence-electron chi connectivity index (χ3n) is 3.90. The van der Waals surface area contributed by atoms with Gasteiger partial charge >= 0.3 is 0 Å². The van der Waals surface area contributed by atoms with Crippen molar-refractivity contribution in [2.24, 2.45) is 10.7 Å². The van der Waals surface area contributed by atoms with E-state index in [9.17, 15) is 4.21 Å². The van der Waals surface area contributed by atoms with Crippen LogP contribution in [0.2, 0.25) is 0 Å². The molecule has 0 aliphatic heterocycles. The Morgan fingerprint density at radius 2 is 2.00 bits per heavy atom. The first kappa shape index (κ1) is 20.4. The fourth-order valence-electron chi connectivity index (χ4n) is 2.63. The smallest absolute Gasteiger partial charge is 0.193 e. The zero-order valence-electron chi connectivity index (χ0n) is 14.2. The first-order valence-corrected chi connectivity index (χ1v) is 9.26. The number of hydrogen-bond acceptors (Lipinski definition) is 2. The van der Waals surface area contributed by atoms with Gasteiger partial charge in [0.2, 0.25) is 0 Å². The zero-order valence-corrected chi connectivity index (χ0v) is 17.4. The Hall–Kier alpha value is -0.630. The van der Waals surface area contributed by atoms with E-state index in [1.54, 1.807) is 0 Å². The van der Waals surface area contributed by atoms with E-state index in [-0.39, 0.29) is 28.7 Å². The summed E-state index contributed by atoms with van der Waals surface area (Å²) in [4.78, 5) is 4.31. The number of nitrogens with one attached hydrogen (secondary N) is 1. The number of benzene rings is 1. The molecule has 0 amide bonds. The maximum absolute atomic E-state index is 12.0. The molecule has 0 saturated carbocycles. The molecule has 1 aromatic rings. The van der Waals surface area contributed by atoms with Gasteiger partial charge in [0, 0.05) is 27.0 Å². The van der Waals surface area contributed by atoms with Crippen LogP contribution in [0.1, 0.15) is 44.7 Å². The van der Waals surface area contributed by atoms with E-state index in [0.29, 0.717) is 18.3 Å². The van der Waals surface area contributed by atoms with Crippen molar-refractivity contribution in [3.05, 3.63) is 29.3 Å². The van der Waals surface area contributed by atoms with Crippen molar-refractivity contribution in [3.8, 4) is 0 Å². The van der Waals surface area contributed by atoms with Crippen molar-refractivity contribution < 1.29 is 4.21 Å². The van der Waals surface area contributed by atoms with Gasteiger partial charge in [-0.2, -0.15) is 0 Å². The fourth-order valence-corrected chi connectivity index (χ4v) is 3.50. The monoisotopic (exact) mass is 449 g/mol. The van der Waals surface area contributed by atoms with E-state index in [1.807, 2.05) is 20.8 Å². The molecule has 0 aromatic heterocycles. The Bertz CT molecular complexity index is 582. The average Bonchev–Trinajstić information content (AvgIpc) is 2.46. The third kappa shape index (κ3) is 6.06. The maximum atomic E-state index is 12.0. The van der Waals surface area contributed by atoms with Crippen LogP contribution in [0.3, 0.4) is 0 Å². The Labute approximate surface area is 159 Å². The normalized spacial score (nSPS) is 16.2. The van der Waals surface area contributed by atoms with E-state index in [0.717, 1.165) is 18.5 Å². The highest BCUT2D eigenvalue weighted by Crippen LogP contribution is 2.27. The number of guanidine groups is 1. The number of rotatable bonds is 4. The summed E-state index contributed by atoms with van der Waals surface area (Å²) in [6.45, 7) is 6.41. The standard InChI is InChI=1S/C17H27N3OS.HI/c1-17(2,3)22(21)12-11-19-16(18)20-15-10-6-8-13-7-4-5-9-14(13)15;/h6,8,10H,4-5,7,9,11-12H2,1-3H3,(H3,18,19,20);1H. The van der Waals surface area contributed by atoms with Crippen LogP contribution in [-0.2, 0) is 23.6 Å². The predicted octanol–water partition coefficient (Wildman–Crippen LogP) is 3.46. The SMILES string of the molecule is CC(C)(C)S(=O)CCN=C(N)Nc1cccc2c1CCCC2.I. The van der Waals surface area contributed by atoms with E-state index < -0.39 is 10.8 Å². The lowest BCUT2D eigenvalue weighted by molar-refractivity contribution is 0.648. The topological polar surface area (TPSA) is 67.5 Å². The van der Waals surface area contributed by atoms with Crippen molar-refractivity contribution in [3.63, 3.8) is 0 Å². The van der Waals surface area contributed by atoms with Crippen molar-refractivity contribution in [1.82, 2.24) is 0 Å². The molecule has 6 heteroatoms. The van der Waals surface area contributed by atoms with Gasteiger partial charge in [-0.3, -0.25) is 9.20 Å². The summed E-state index contributed by atoms with van der Waals surface area (Å²) in [6.07, 6.45) is 4.73. The number of fused-ring (bicyclic) bond motifs is 1. The number of halogens is 1. The van der Waals surface area contributed by atoms with Crippen LogP contribution in [0.15, 0.2) is 23.2 Å². The van der Waals surface area contributed by atoms with Gasteiger partial charge in [0.1, 0.15) is 0 Å². The highest BCUT2D eigenvalue weighted by molar-refractivity contribution is 14.0. The molecule has 1 atom stereocenters. The van der Waals surface area contributed by atoms with Crippen molar-refractivity contribution in [1.29, 1.82) is 0 Å². The summed E-state index contributed by atoms with van der Waals surface area (Å²) >= 11 is 0. The number of anilines is 1. The molecule has 0 heterocycles. The summed E-state index contributed by atoms with van der Waals surface area (Å²) in [6, 6.07) is 6.31. The van der Waals surface area contributed by atoms with Crippen molar-refractivity contribution >= 4 is 46.4 Å². The number of aryl methyl sites for hydroxylation is 1. The maximum Gasteiger partial charge on any atom is 0.193 e. The number of aliphatic imine (C=N–C) groups is 1. The lowest BCUT2D eigenvalue weighted by Gasteiger charge is -2.20. The summed E-state index contributed by atoms with van der Waals surface area (Å²) in [7, 11) is -0.893. The molecular formula is C17H28IN3OS. The van der Waals surface area contributed by atoms with Gasteiger partial charge in [0.25, 0.3) is 0 Å². The van der Waals surface area contributed by atoms with Crippen LogP contribution in [0, 0.1) is 0 Å². The molecule has 130 valence electrons. The minimum absolute atomic E-state index is 0. The predicted molar refractivity (Wildman–Crippen MR) is 111 cm³/mol. The third-order valence-corrected chi connectivity index (χ3v) is 5.82. The Balaban J connectivity index is 0.00000264. The van der Waals surface area contributed by atoms with E-state index in [1.165, 1.54) is 24.0 Å². The second-order valence-electron chi connectivity index (χ2n) is 6.70. The Morgan fingerprint density at radius 1 is 1.30 bits per heavy atom. The van der Waals surface area contributed by atoms with E-state index >= 15 is 0 Å². The van der Waals surface area contributed by atoms with Crippen molar-refractivity contribution in [2.45, 2.75) is 51.2 Å². The van der Waals surface area contributed by atoms with Crippen LogP contribution in [0.5, 0.6) is 0 Å². The molecule has 0 spiro atoms. The lowest BCUT2D eigenvalue weighted by atomic mass is 9.90. The average molecular weight is 449 g/mol. The second-order valence-corrected chi connectivity index (χ2v) is 9.03. The van der Waals surface area contributed by atoms with Gasteiger partial charge < -0.3 is 11.1 Å². The Morgan fingerprint density at radius 3 is 2.70 bits per heavy atom. The minimum Gasteiger partial charge on any atom is -0.370 e. The summed E-state index contributed by atoms with van der Waals surface area (Å²) < 4.78 is 11.8. The number of nitrogens with zero attached hydrogens (tertiary/aromatic N) is 1. The molecule has 0 fully saturated rings. The summed E-state index contributed by atoms with van der Waals surface area (Å²) in [5, 5.41) is 3.21. The van der Waals surface area contributed by atoms with Gasteiger partial charge in [0.15, 0.2) is 5.96 Å².